The molecule has 0 fully saturated rings. The molecule has 0 saturated carbocycles. The smallest absolute Gasteiger partial charge is 0.00440 e. The van der Waals surface area contributed by atoms with E-state index in [2.05, 4.69) is 5.32 Å². The van der Waals surface area contributed by atoms with Gasteiger partial charge in [0.05, 0.1) is 0 Å². The first-order valence-electron chi connectivity index (χ1n) is 2.06. The third kappa shape index (κ3) is 4.18. The molecule has 0 unspecified atom stereocenters. The molecule has 0 aliphatic carbocycles. The van der Waals surface area contributed by atoms with Gasteiger partial charge in [-0.2, -0.15) is 0 Å². The van der Waals surface area contributed by atoms with E-state index in [4.69, 9.17) is 0 Å². The molecule has 1 N–H and O–H groups in total. The zero-order valence-electron chi connectivity index (χ0n) is 3.91. The zero-order valence-corrected chi connectivity index (χ0v) is 5.91. The van der Waals surface area contributed by atoms with Crippen LogP contribution in [0.1, 0.15) is 0 Å². The average molecular weight is 89.2 g/mol. The molecule has 0 aliphatic rings. The van der Waals surface area contributed by atoms with Crippen LogP contribution in [-0.4, -0.2) is 23.8 Å². The molecule has 0 aliphatic heterocycles. The Morgan fingerprint density at radius 1 is 1.80 bits per heavy atom. The average Bonchev–Trinajstić information content (AvgIpc) is 1.41. The Kier molecular flexibility index (Phi) is 4.32. The summed E-state index contributed by atoms with van der Waals surface area (Å²) in [6.07, 6.45) is 0. The normalized spacial score (nSPS) is 9.00. The molecule has 0 saturated heterocycles. The minimum Gasteiger partial charge on any atom is -0.320 e. The second-order valence-corrected chi connectivity index (χ2v) is 2.10. The zero-order chi connectivity index (χ0) is 4.12. The van der Waals surface area contributed by atoms with E-state index < -0.39 is 0 Å². The summed E-state index contributed by atoms with van der Waals surface area (Å²) in [5.41, 5.74) is 0. The van der Waals surface area contributed by atoms with Crippen molar-refractivity contribution >= 4 is 10.2 Å². The summed E-state index contributed by atoms with van der Waals surface area (Å²) in [5.74, 6) is 0. The first kappa shape index (κ1) is 5.18. The van der Waals surface area contributed by atoms with Gasteiger partial charge in [0.15, 0.2) is 0 Å². The van der Waals surface area contributed by atoms with Crippen molar-refractivity contribution in [3.63, 3.8) is 0 Å². The third-order valence-corrected chi connectivity index (χ3v) is 1.000. The fourth-order valence-electron chi connectivity index (χ4n) is 0.250. The van der Waals surface area contributed by atoms with Gasteiger partial charge < -0.3 is 5.32 Å². The SMILES string of the molecule is CNCC[SiH3]. The molecule has 0 bridgehead atoms. The summed E-state index contributed by atoms with van der Waals surface area (Å²) in [4.78, 5) is 0. The van der Waals surface area contributed by atoms with Crippen LogP contribution in [0.15, 0.2) is 0 Å². The van der Waals surface area contributed by atoms with E-state index in [0.29, 0.717) is 0 Å². The van der Waals surface area contributed by atoms with Crippen molar-refractivity contribution in [2.75, 3.05) is 13.6 Å². The van der Waals surface area contributed by atoms with Crippen LogP contribution in [0.25, 0.3) is 0 Å². The van der Waals surface area contributed by atoms with Gasteiger partial charge in [-0.25, -0.2) is 0 Å². The molecular formula is C3H11NSi. The van der Waals surface area contributed by atoms with E-state index >= 15 is 0 Å². The summed E-state index contributed by atoms with van der Waals surface area (Å²) in [6, 6.07) is 1.37. The van der Waals surface area contributed by atoms with Crippen LogP contribution < -0.4 is 5.32 Å². The van der Waals surface area contributed by atoms with Crippen LogP contribution in [0.3, 0.4) is 0 Å². The van der Waals surface area contributed by atoms with Crippen molar-refractivity contribution in [3.05, 3.63) is 0 Å². The van der Waals surface area contributed by atoms with Gasteiger partial charge in [0.1, 0.15) is 0 Å². The summed E-state index contributed by atoms with van der Waals surface area (Å²) >= 11 is 0. The van der Waals surface area contributed by atoms with Crippen LogP contribution in [0, 0.1) is 0 Å². The van der Waals surface area contributed by atoms with Gasteiger partial charge in [0.25, 0.3) is 0 Å². The van der Waals surface area contributed by atoms with E-state index in [-0.39, 0.29) is 0 Å². The molecule has 0 heterocycles. The molecule has 0 aromatic carbocycles. The van der Waals surface area contributed by atoms with Crippen LogP contribution in [0.5, 0.6) is 0 Å². The Balaban J connectivity index is 2.19. The van der Waals surface area contributed by atoms with Crippen molar-refractivity contribution < 1.29 is 0 Å². The molecule has 0 spiro atoms. The van der Waals surface area contributed by atoms with E-state index in [1.807, 2.05) is 7.05 Å². The maximum atomic E-state index is 3.05. The fourth-order valence-corrected chi connectivity index (χ4v) is 0.750. The number of rotatable bonds is 2. The highest BCUT2D eigenvalue weighted by Gasteiger charge is 1.65. The molecule has 2 heteroatoms. The highest BCUT2D eigenvalue weighted by atomic mass is 28.1. The number of hydrogen-bond donors (Lipinski definition) is 1. The second-order valence-electron chi connectivity index (χ2n) is 1.10. The molecule has 5 heavy (non-hydrogen) atoms. The van der Waals surface area contributed by atoms with Crippen molar-refractivity contribution in [1.82, 2.24) is 5.32 Å². The lowest BCUT2D eigenvalue weighted by molar-refractivity contribution is 0.862. The number of hydrogen-bond acceptors (Lipinski definition) is 1. The maximum absolute atomic E-state index is 3.05. The van der Waals surface area contributed by atoms with Crippen molar-refractivity contribution in [1.29, 1.82) is 0 Å². The summed E-state index contributed by atoms with van der Waals surface area (Å²) in [5, 5.41) is 3.05. The Morgan fingerprint density at radius 2 is 2.40 bits per heavy atom. The lowest BCUT2D eigenvalue weighted by Gasteiger charge is -1.84. The van der Waals surface area contributed by atoms with Gasteiger partial charge in [-0.1, -0.05) is 6.04 Å². The van der Waals surface area contributed by atoms with Gasteiger partial charge in [-0.3, -0.25) is 0 Å². The van der Waals surface area contributed by atoms with Crippen LogP contribution in [0.2, 0.25) is 6.04 Å². The Labute approximate surface area is 36.2 Å². The third-order valence-electron chi connectivity index (χ3n) is 0.500. The molecule has 0 atom stereocenters. The van der Waals surface area contributed by atoms with Crippen molar-refractivity contribution in [3.8, 4) is 0 Å². The quantitative estimate of drug-likeness (QED) is 0.427. The van der Waals surface area contributed by atoms with Crippen LogP contribution in [0.4, 0.5) is 0 Å². The van der Waals surface area contributed by atoms with Gasteiger partial charge in [0.2, 0.25) is 0 Å². The van der Waals surface area contributed by atoms with Gasteiger partial charge in [-0.05, 0) is 13.6 Å². The van der Waals surface area contributed by atoms with Crippen LogP contribution in [-0.2, 0) is 0 Å². The second kappa shape index (κ2) is 4.18. The van der Waals surface area contributed by atoms with Crippen LogP contribution >= 0.6 is 0 Å². The molecular weight excluding hydrogens is 78.1 g/mol. The molecule has 1 nitrogen and oxygen atoms in total. The monoisotopic (exact) mass is 89.1 g/mol. The first-order valence-corrected chi connectivity index (χ1v) is 3.47. The molecule has 0 aromatic rings. The Bertz CT molecular complexity index is 14.4. The highest BCUT2D eigenvalue weighted by molar-refractivity contribution is 6.08. The largest absolute Gasteiger partial charge is 0.320 e. The van der Waals surface area contributed by atoms with Crippen molar-refractivity contribution in [2.45, 2.75) is 6.04 Å². The van der Waals surface area contributed by atoms with Gasteiger partial charge in [-0.15, -0.1) is 0 Å². The predicted molar refractivity (Wildman–Crippen MR) is 28.7 cm³/mol. The van der Waals surface area contributed by atoms with E-state index in [0.717, 1.165) is 0 Å². The minimum atomic E-state index is 1.20. The molecule has 0 amide bonds. The highest BCUT2D eigenvalue weighted by Crippen LogP contribution is 1.57. The van der Waals surface area contributed by atoms with Crippen molar-refractivity contribution in [2.24, 2.45) is 0 Å². The van der Waals surface area contributed by atoms with Gasteiger partial charge >= 0.3 is 0 Å². The molecule has 32 valence electrons. The van der Waals surface area contributed by atoms with E-state index in [9.17, 15) is 0 Å². The topological polar surface area (TPSA) is 12.0 Å². The lowest BCUT2D eigenvalue weighted by atomic mass is 10.8. The fraction of sp³-hybridized carbons (Fsp3) is 1.00. The predicted octanol–water partition coefficient (Wildman–Crippen LogP) is -1.01. The Morgan fingerprint density at radius 3 is 2.40 bits per heavy atom. The first-order chi connectivity index (χ1) is 2.41. The lowest BCUT2D eigenvalue weighted by Crippen LogP contribution is -2.05. The number of nitrogens with one attached hydrogen (secondary N) is 1. The minimum absolute atomic E-state index is 1.20. The molecule has 0 radical (unpaired) electrons. The standard InChI is InChI=1S/C3H11NSi/c1-4-2-3-5/h4H,2-3H2,1,5H3. The summed E-state index contributed by atoms with van der Waals surface area (Å²) in [6.45, 7) is 1.20. The maximum Gasteiger partial charge on any atom is 0.00440 e. The summed E-state index contributed by atoms with van der Waals surface area (Å²) < 4.78 is 0. The van der Waals surface area contributed by atoms with Gasteiger partial charge in [0, 0.05) is 10.2 Å². The Hall–Kier alpha value is 0.177. The molecule has 0 rings (SSSR count). The van der Waals surface area contributed by atoms with E-state index in [1.54, 1.807) is 0 Å². The van der Waals surface area contributed by atoms with E-state index in [1.165, 1.54) is 22.8 Å². The molecule has 0 aromatic heterocycles. The summed E-state index contributed by atoms with van der Waals surface area (Å²) in [7, 11) is 3.32.